The molecule has 0 unspecified atom stereocenters. The van der Waals surface area contributed by atoms with E-state index in [4.69, 9.17) is 9.47 Å². The molecule has 110 valence electrons. The highest BCUT2D eigenvalue weighted by atomic mass is 16.5. The number of hydrogen-bond acceptors (Lipinski definition) is 4. The quantitative estimate of drug-likeness (QED) is 0.829. The van der Waals surface area contributed by atoms with Crippen molar-refractivity contribution in [3.8, 4) is 5.88 Å². The Hall–Kier alpha value is -1.62. The third-order valence-electron chi connectivity index (χ3n) is 3.86. The molecule has 0 saturated heterocycles. The summed E-state index contributed by atoms with van der Waals surface area (Å²) in [5, 5.41) is 2.99. The molecule has 2 rings (SSSR count). The number of hydrogen-bond donors (Lipinski definition) is 1. The molecule has 1 N–H and O–H groups in total. The fourth-order valence-electron chi connectivity index (χ4n) is 2.46. The topological polar surface area (TPSA) is 60.5 Å². The summed E-state index contributed by atoms with van der Waals surface area (Å²) in [4.78, 5) is 16.3. The van der Waals surface area contributed by atoms with E-state index < -0.39 is 0 Å². The van der Waals surface area contributed by atoms with E-state index in [0.29, 0.717) is 31.2 Å². The number of aromatic nitrogens is 1. The monoisotopic (exact) mass is 278 g/mol. The van der Waals surface area contributed by atoms with Crippen LogP contribution in [0.3, 0.4) is 0 Å². The van der Waals surface area contributed by atoms with Gasteiger partial charge in [0, 0.05) is 24.8 Å². The van der Waals surface area contributed by atoms with E-state index in [1.807, 2.05) is 6.92 Å². The Labute approximate surface area is 119 Å². The third-order valence-corrected chi connectivity index (χ3v) is 3.86. The van der Waals surface area contributed by atoms with Crippen molar-refractivity contribution in [1.29, 1.82) is 0 Å². The molecule has 0 aromatic carbocycles. The molecule has 0 spiro atoms. The molecule has 0 radical (unpaired) electrons. The van der Waals surface area contributed by atoms with Gasteiger partial charge in [0.15, 0.2) is 0 Å². The number of rotatable bonds is 7. The van der Waals surface area contributed by atoms with Crippen LogP contribution in [0.25, 0.3) is 0 Å². The van der Waals surface area contributed by atoms with Crippen molar-refractivity contribution in [2.75, 3.05) is 26.9 Å². The Balaban J connectivity index is 1.94. The minimum atomic E-state index is -0.141. The number of carbonyl (C=O) groups is 1. The maximum Gasteiger partial charge on any atom is 0.256 e. The summed E-state index contributed by atoms with van der Waals surface area (Å²) in [6, 6.07) is 3.45. The first-order valence-electron chi connectivity index (χ1n) is 7.06. The SMILES string of the molecule is CCOCC1(CNC(=O)c2cccnc2OC)CCC1. The highest BCUT2D eigenvalue weighted by Gasteiger charge is 2.37. The van der Waals surface area contributed by atoms with Crippen molar-refractivity contribution in [3.63, 3.8) is 0 Å². The van der Waals surface area contributed by atoms with Gasteiger partial charge >= 0.3 is 0 Å². The van der Waals surface area contributed by atoms with Gasteiger partial charge in [-0.25, -0.2) is 4.98 Å². The fourth-order valence-corrected chi connectivity index (χ4v) is 2.46. The molecule has 1 saturated carbocycles. The minimum absolute atomic E-state index is 0.112. The number of amides is 1. The molecule has 5 heteroatoms. The van der Waals surface area contributed by atoms with Gasteiger partial charge in [-0.2, -0.15) is 0 Å². The molecule has 20 heavy (non-hydrogen) atoms. The molecule has 1 aromatic rings. The van der Waals surface area contributed by atoms with Gasteiger partial charge in [-0.15, -0.1) is 0 Å². The molecule has 5 nitrogen and oxygen atoms in total. The molecular formula is C15H22N2O3. The molecule has 1 aromatic heterocycles. The summed E-state index contributed by atoms with van der Waals surface area (Å²) < 4.78 is 10.6. The van der Waals surface area contributed by atoms with Gasteiger partial charge in [0.25, 0.3) is 5.91 Å². The Kier molecular flexibility index (Phi) is 4.95. The van der Waals surface area contributed by atoms with Crippen LogP contribution in [0.1, 0.15) is 36.5 Å². The second kappa shape index (κ2) is 6.70. The summed E-state index contributed by atoms with van der Waals surface area (Å²) in [5.41, 5.74) is 0.585. The fraction of sp³-hybridized carbons (Fsp3) is 0.600. The lowest BCUT2D eigenvalue weighted by molar-refractivity contribution is -0.000200. The first-order chi connectivity index (χ1) is 9.71. The number of nitrogens with zero attached hydrogens (tertiary/aromatic N) is 1. The third kappa shape index (κ3) is 3.28. The lowest BCUT2D eigenvalue weighted by Gasteiger charge is -2.41. The number of ether oxygens (including phenoxy) is 2. The summed E-state index contributed by atoms with van der Waals surface area (Å²) >= 11 is 0. The summed E-state index contributed by atoms with van der Waals surface area (Å²) in [7, 11) is 1.52. The van der Waals surface area contributed by atoms with E-state index in [9.17, 15) is 4.79 Å². The zero-order valence-electron chi connectivity index (χ0n) is 12.1. The molecule has 1 heterocycles. The molecule has 1 fully saturated rings. The van der Waals surface area contributed by atoms with E-state index in [-0.39, 0.29) is 11.3 Å². The van der Waals surface area contributed by atoms with Crippen molar-refractivity contribution >= 4 is 5.91 Å². The van der Waals surface area contributed by atoms with E-state index in [1.54, 1.807) is 18.3 Å². The summed E-state index contributed by atoms with van der Waals surface area (Å²) in [6.45, 7) is 4.06. The minimum Gasteiger partial charge on any atom is -0.480 e. The Morgan fingerprint density at radius 1 is 1.50 bits per heavy atom. The van der Waals surface area contributed by atoms with Crippen LogP contribution in [-0.2, 0) is 4.74 Å². The molecule has 1 aliphatic rings. The summed E-state index contributed by atoms with van der Waals surface area (Å²) in [5.74, 6) is 0.218. The first-order valence-corrected chi connectivity index (χ1v) is 7.06. The van der Waals surface area contributed by atoms with Crippen LogP contribution in [0.2, 0.25) is 0 Å². The number of carbonyl (C=O) groups excluding carboxylic acids is 1. The number of pyridine rings is 1. The number of methoxy groups -OCH3 is 1. The van der Waals surface area contributed by atoms with Gasteiger partial charge in [-0.1, -0.05) is 6.42 Å². The van der Waals surface area contributed by atoms with Gasteiger partial charge in [0.2, 0.25) is 5.88 Å². The molecule has 0 aliphatic heterocycles. The Bertz CT molecular complexity index is 458. The number of nitrogens with one attached hydrogen (secondary N) is 1. The van der Waals surface area contributed by atoms with Gasteiger partial charge in [-0.05, 0) is 31.9 Å². The van der Waals surface area contributed by atoms with E-state index in [2.05, 4.69) is 10.3 Å². The van der Waals surface area contributed by atoms with Crippen LogP contribution >= 0.6 is 0 Å². The van der Waals surface area contributed by atoms with E-state index in [0.717, 1.165) is 12.8 Å². The van der Waals surface area contributed by atoms with Crippen molar-refractivity contribution < 1.29 is 14.3 Å². The van der Waals surface area contributed by atoms with Crippen LogP contribution in [0.15, 0.2) is 18.3 Å². The van der Waals surface area contributed by atoms with Crippen LogP contribution in [-0.4, -0.2) is 37.8 Å². The van der Waals surface area contributed by atoms with Crippen molar-refractivity contribution in [1.82, 2.24) is 10.3 Å². The normalized spacial score (nSPS) is 16.3. The molecule has 0 atom stereocenters. The average Bonchev–Trinajstić information content (AvgIpc) is 2.45. The molecule has 1 aliphatic carbocycles. The highest BCUT2D eigenvalue weighted by molar-refractivity contribution is 5.96. The predicted molar refractivity (Wildman–Crippen MR) is 75.9 cm³/mol. The van der Waals surface area contributed by atoms with E-state index in [1.165, 1.54) is 13.5 Å². The highest BCUT2D eigenvalue weighted by Crippen LogP contribution is 2.40. The molecule has 1 amide bonds. The Morgan fingerprint density at radius 3 is 2.90 bits per heavy atom. The Morgan fingerprint density at radius 2 is 2.30 bits per heavy atom. The molecule has 0 bridgehead atoms. The second-order valence-corrected chi connectivity index (χ2v) is 5.23. The summed E-state index contributed by atoms with van der Waals surface area (Å²) in [6.07, 6.45) is 5.03. The van der Waals surface area contributed by atoms with Crippen LogP contribution in [0, 0.1) is 5.41 Å². The van der Waals surface area contributed by atoms with Crippen LogP contribution < -0.4 is 10.1 Å². The van der Waals surface area contributed by atoms with Crippen LogP contribution in [0.5, 0.6) is 5.88 Å². The second-order valence-electron chi connectivity index (χ2n) is 5.23. The zero-order valence-corrected chi connectivity index (χ0v) is 12.1. The smallest absolute Gasteiger partial charge is 0.256 e. The zero-order chi connectivity index (χ0) is 14.4. The molecular weight excluding hydrogens is 256 g/mol. The lowest BCUT2D eigenvalue weighted by Crippen LogP contribution is -2.45. The van der Waals surface area contributed by atoms with Crippen molar-refractivity contribution in [2.24, 2.45) is 5.41 Å². The maximum atomic E-state index is 12.2. The van der Waals surface area contributed by atoms with E-state index >= 15 is 0 Å². The van der Waals surface area contributed by atoms with Crippen molar-refractivity contribution in [3.05, 3.63) is 23.9 Å². The van der Waals surface area contributed by atoms with Gasteiger partial charge in [0.05, 0.1) is 13.7 Å². The standard InChI is InChI=1S/C15H22N2O3/c1-3-20-11-15(7-5-8-15)10-17-13(18)12-6-4-9-16-14(12)19-2/h4,6,9H,3,5,7-8,10-11H2,1-2H3,(H,17,18). The van der Waals surface area contributed by atoms with Gasteiger partial charge in [-0.3, -0.25) is 4.79 Å². The largest absolute Gasteiger partial charge is 0.480 e. The average molecular weight is 278 g/mol. The van der Waals surface area contributed by atoms with Crippen LogP contribution in [0.4, 0.5) is 0 Å². The van der Waals surface area contributed by atoms with Gasteiger partial charge < -0.3 is 14.8 Å². The van der Waals surface area contributed by atoms with Gasteiger partial charge in [0.1, 0.15) is 5.56 Å². The first kappa shape index (κ1) is 14.8. The maximum absolute atomic E-state index is 12.2. The predicted octanol–water partition coefficient (Wildman–Crippen LogP) is 2.03. The van der Waals surface area contributed by atoms with Crippen molar-refractivity contribution in [2.45, 2.75) is 26.2 Å². The lowest BCUT2D eigenvalue weighted by atomic mass is 9.69.